The Labute approximate surface area is 127 Å². The highest BCUT2D eigenvalue weighted by Gasteiger charge is 2.23. The molecule has 0 radical (unpaired) electrons. The van der Waals surface area contributed by atoms with Crippen molar-refractivity contribution in [2.75, 3.05) is 6.61 Å². The van der Waals surface area contributed by atoms with Crippen LogP contribution >= 0.6 is 0 Å². The van der Waals surface area contributed by atoms with Gasteiger partial charge < -0.3 is 9.47 Å². The van der Waals surface area contributed by atoms with Gasteiger partial charge in [0.1, 0.15) is 11.7 Å². The van der Waals surface area contributed by atoms with Gasteiger partial charge in [-0.3, -0.25) is 9.68 Å². The minimum absolute atomic E-state index is 0.0111. The average molecular weight is 304 g/mol. The van der Waals surface area contributed by atoms with E-state index in [1.54, 1.807) is 13.8 Å². The first-order chi connectivity index (χ1) is 9.80. The van der Waals surface area contributed by atoms with E-state index >= 15 is 0 Å². The van der Waals surface area contributed by atoms with E-state index in [1.807, 2.05) is 13.8 Å². The largest absolute Gasteiger partial charge is 0.540 e. The van der Waals surface area contributed by atoms with Gasteiger partial charge in [-0.2, -0.15) is 4.89 Å². The maximum absolute atomic E-state index is 11.4. The summed E-state index contributed by atoms with van der Waals surface area (Å²) in [6.45, 7) is 9.41. The molecule has 0 aromatic carbocycles. The maximum atomic E-state index is 11.4. The Morgan fingerprint density at radius 2 is 1.81 bits per heavy atom. The molecule has 1 unspecified atom stereocenters. The highest BCUT2D eigenvalue weighted by atomic mass is 17.2. The molecule has 0 heterocycles. The van der Waals surface area contributed by atoms with E-state index in [9.17, 15) is 9.59 Å². The Kier molecular flexibility index (Phi) is 9.78. The molecule has 124 valence electrons. The van der Waals surface area contributed by atoms with Gasteiger partial charge in [0.05, 0.1) is 13.0 Å². The number of hydrogen-bond donors (Lipinski definition) is 0. The van der Waals surface area contributed by atoms with Crippen LogP contribution in [0.15, 0.2) is 0 Å². The van der Waals surface area contributed by atoms with Crippen molar-refractivity contribution in [3.63, 3.8) is 0 Å². The quantitative estimate of drug-likeness (QED) is 0.265. The maximum Gasteiger partial charge on any atom is 0.540 e. The zero-order chi connectivity index (χ0) is 16.3. The van der Waals surface area contributed by atoms with Crippen LogP contribution in [0.25, 0.3) is 0 Å². The number of ether oxygens (including phenoxy) is 2. The molecule has 21 heavy (non-hydrogen) atoms. The molecule has 0 aromatic rings. The molecule has 0 rings (SSSR count). The van der Waals surface area contributed by atoms with Gasteiger partial charge in [-0.25, -0.2) is 4.79 Å². The zero-order valence-corrected chi connectivity index (χ0v) is 13.8. The van der Waals surface area contributed by atoms with E-state index < -0.39 is 23.8 Å². The van der Waals surface area contributed by atoms with Gasteiger partial charge in [-0.1, -0.05) is 26.2 Å². The highest BCUT2D eigenvalue weighted by molar-refractivity contribution is 5.70. The van der Waals surface area contributed by atoms with Crippen LogP contribution in [0.4, 0.5) is 4.79 Å². The van der Waals surface area contributed by atoms with Crippen molar-refractivity contribution in [3.05, 3.63) is 0 Å². The molecule has 0 amide bonds. The predicted octanol–water partition coefficient (Wildman–Crippen LogP) is 3.77. The average Bonchev–Trinajstić information content (AvgIpc) is 2.36. The fraction of sp³-hybridized carbons (Fsp3) is 0.867. The Bertz CT molecular complexity index is 313. The molecule has 1 atom stereocenters. The third-order valence-corrected chi connectivity index (χ3v) is 2.77. The third kappa shape index (κ3) is 11.1. The van der Waals surface area contributed by atoms with Crippen molar-refractivity contribution in [3.8, 4) is 0 Å². The van der Waals surface area contributed by atoms with Crippen molar-refractivity contribution in [1.29, 1.82) is 0 Å². The van der Waals surface area contributed by atoms with E-state index in [0.717, 1.165) is 25.7 Å². The lowest BCUT2D eigenvalue weighted by Crippen LogP contribution is -2.28. The highest BCUT2D eigenvalue weighted by Crippen LogP contribution is 2.19. The van der Waals surface area contributed by atoms with E-state index in [4.69, 9.17) is 14.4 Å². The first kappa shape index (κ1) is 19.7. The fourth-order valence-corrected chi connectivity index (χ4v) is 1.67. The van der Waals surface area contributed by atoms with Gasteiger partial charge in [0, 0.05) is 0 Å². The van der Waals surface area contributed by atoms with Crippen LogP contribution in [0.1, 0.15) is 66.7 Å². The van der Waals surface area contributed by atoms with E-state index in [1.165, 1.54) is 0 Å². The van der Waals surface area contributed by atoms with Crippen molar-refractivity contribution in [2.45, 2.75) is 78.4 Å². The van der Waals surface area contributed by atoms with Gasteiger partial charge in [-0.05, 0) is 34.1 Å². The summed E-state index contributed by atoms with van der Waals surface area (Å²) in [5.74, 6) is -0.418. The van der Waals surface area contributed by atoms with Crippen molar-refractivity contribution in [2.24, 2.45) is 0 Å². The van der Waals surface area contributed by atoms with E-state index in [2.05, 4.69) is 11.8 Å². The second kappa shape index (κ2) is 10.4. The van der Waals surface area contributed by atoms with Gasteiger partial charge in [0.15, 0.2) is 0 Å². The van der Waals surface area contributed by atoms with Crippen LogP contribution in [-0.4, -0.2) is 30.4 Å². The van der Waals surface area contributed by atoms with Crippen LogP contribution in [0.5, 0.6) is 0 Å². The monoisotopic (exact) mass is 304 g/mol. The lowest BCUT2D eigenvalue weighted by atomic mass is 10.0. The normalized spacial score (nSPS) is 12.6. The number of rotatable bonds is 10. The smallest absolute Gasteiger partial charge is 0.466 e. The Morgan fingerprint density at radius 3 is 2.38 bits per heavy atom. The van der Waals surface area contributed by atoms with E-state index in [-0.39, 0.29) is 6.42 Å². The number of esters is 1. The number of carbonyl (C=O) groups excluding carboxylic acids is 2. The topological polar surface area (TPSA) is 71.1 Å². The second-order valence-corrected chi connectivity index (χ2v) is 5.57. The minimum Gasteiger partial charge on any atom is -0.466 e. The van der Waals surface area contributed by atoms with Crippen molar-refractivity contribution >= 4 is 12.1 Å². The lowest BCUT2D eigenvalue weighted by Gasteiger charge is -2.22. The van der Waals surface area contributed by atoms with Crippen LogP contribution in [0, 0.1) is 0 Å². The summed E-state index contributed by atoms with van der Waals surface area (Å²) in [6.07, 6.45) is 2.42. The SMILES string of the molecule is CCCCCC(C)(C)OOC(=O)OC(C)CC(=O)OCC. The minimum atomic E-state index is -0.949. The summed E-state index contributed by atoms with van der Waals surface area (Å²) >= 11 is 0. The molecule has 6 nitrogen and oxygen atoms in total. The molecule has 0 aliphatic heterocycles. The molecule has 0 spiro atoms. The molecule has 0 N–H and O–H groups in total. The summed E-state index contributed by atoms with van der Waals surface area (Å²) in [7, 11) is 0. The predicted molar refractivity (Wildman–Crippen MR) is 77.6 cm³/mol. The molecule has 0 aromatic heterocycles. The number of hydrogen-bond acceptors (Lipinski definition) is 6. The first-order valence-electron chi connectivity index (χ1n) is 7.52. The summed E-state index contributed by atoms with van der Waals surface area (Å²) in [6, 6.07) is 0. The van der Waals surface area contributed by atoms with Gasteiger partial charge >= 0.3 is 12.1 Å². The van der Waals surface area contributed by atoms with Crippen molar-refractivity contribution in [1.82, 2.24) is 0 Å². The summed E-state index contributed by atoms with van der Waals surface area (Å²) in [4.78, 5) is 32.4. The molecular formula is C15H28O6. The van der Waals surface area contributed by atoms with Crippen LogP contribution in [0.2, 0.25) is 0 Å². The second-order valence-electron chi connectivity index (χ2n) is 5.57. The van der Waals surface area contributed by atoms with Crippen LogP contribution < -0.4 is 0 Å². The summed E-state index contributed by atoms with van der Waals surface area (Å²) < 4.78 is 9.66. The molecule has 0 aliphatic carbocycles. The molecule has 0 bridgehead atoms. The van der Waals surface area contributed by atoms with E-state index in [0.29, 0.717) is 6.61 Å². The van der Waals surface area contributed by atoms with Gasteiger partial charge in [0.25, 0.3) is 0 Å². The molecule has 6 heteroatoms. The Balaban J connectivity index is 3.94. The Morgan fingerprint density at radius 1 is 1.14 bits per heavy atom. The molecular weight excluding hydrogens is 276 g/mol. The first-order valence-corrected chi connectivity index (χ1v) is 7.52. The molecule has 0 fully saturated rings. The lowest BCUT2D eigenvalue weighted by molar-refractivity contribution is -0.320. The van der Waals surface area contributed by atoms with Crippen molar-refractivity contribution < 1.29 is 28.8 Å². The number of carbonyl (C=O) groups is 2. The molecule has 0 saturated carbocycles. The third-order valence-electron chi connectivity index (χ3n) is 2.77. The molecule has 0 saturated heterocycles. The zero-order valence-electron chi connectivity index (χ0n) is 13.8. The standard InChI is InChI=1S/C15H28O6/c1-6-8-9-10-15(4,5)21-20-14(17)19-12(3)11-13(16)18-7-2/h12H,6-11H2,1-5H3. The Hall–Kier alpha value is -1.30. The van der Waals surface area contributed by atoms with Crippen LogP contribution in [0.3, 0.4) is 0 Å². The van der Waals surface area contributed by atoms with Crippen LogP contribution in [-0.2, 0) is 24.0 Å². The number of unbranched alkanes of at least 4 members (excludes halogenated alkanes) is 2. The fourth-order valence-electron chi connectivity index (χ4n) is 1.67. The van der Waals surface area contributed by atoms with Gasteiger partial charge in [-0.15, -0.1) is 0 Å². The van der Waals surface area contributed by atoms with Gasteiger partial charge in [0.2, 0.25) is 0 Å². The summed E-state index contributed by atoms with van der Waals surface area (Å²) in [5.41, 5.74) is -0.557. The summed E-state index contributed by atoms with van der Waals surface area (Å²) in [5, 5.41) is 0. The molecule has 0 aliphatic rings.